The molecular weight excluding hydrogens is 355 g/mol. The van der Waals surface area contributed by atoms with Crippen LogP contribution < -0.4 is 11.5 Å². The fourth-order valence-corrected chi connectivity index (χ4v) is 1.91. The predicted molar refractivity (Wildman–Crippen MR) is 70.0 cm³/mol. The summed E-state index contributed by atoms with van der Waals surface area (Å²) < 4.78 is 0. The second-order valence-corrected chi connectivity index (χ2v) is 4.59. The van der Waals surface area contributed by atoms with Crippen LogP contribution in [0.5, 0.6) is 0 Å². The van der Waals surface area contributed by atoms with E-state index in [9.17, 15) is 19.2 Å². The summed E-state index contributed by atoms with van der Waals surface area (Å²) in [6.45, 7) is 0. The van der Waals surface area contributed by atoms with Crippen LogP contribution >= 0.6 is 0 Å². The van der Waals surface area contributed by atoms with E-state index in [1.807, 2.05) is 0 Å². The van der Waals surface area contributed by atoms with Gasteiger partial charge in [0, 0.05) is 17.1 Å². The van der Waals surface area contributed by atoms with Crippen molar-refractivity contribution in [2.24, 2.45) is 11.5 Å². The molecule has 0 fully saturated rings. The van der Waals surface area contributed by atoms with Crippen molar-refractivity contribution in [1.29, 1.82) is 0 Å². The number of hydrogen-bond acceptors (Lipinski definition) is 6. The van der Waals surface area contributed by atoms with Gasteiger partial charge in [-0.1, -0.05) is 0 Å². The fourth-order valence-electron chi connectivity index (χ4n) is 1.91. The summed E-state index contributed by atoms with van der Waals surface area (Å²) in [7, 11) is 0. The van der Waals surface area contributed by atoms with E-state index in [1.54, 1.807) is 0 Å². The van der Waals surface area contributed by atoms with Crippen molar-refractivity contribution in [2.75, 3.05) is 0 Å². The van der Waals surface area contributed by atoms with E-state index in [2.05, 4.69) is 0 Å². The van der Waals surface area contributed by atoms with Crippen molar-refractivity contribution in [1.82, 2.24) is 0 Å². The van der Waals surface area contributed by atoms with Crippen molar-refractivity contribution in [3.63, 3.8) is 0 Å². The van der Waals surface area contributed by atoms with Crippen molar-refractivity contribution < 1.29 is 56.7 Å². The molecular formula is C10H17FeN2NaO8. The van der Waals surface area contributed by atoms with Crippen LogP contribution in [0.1, 0.15) is 25.7 Å². The number of carboxylic acid groups (broad SMARTS) is 4. The number of hydrogen-bond donors (Lipinski definition) is 6. The van der Waals surface area contributed by atoms with Gasteiger partial charge in [-0.15, -0.1) is 0 Å². The topological polar surface area (TPSA) is 201 Å². The first-order valence-electron chi connectivity index (χ1n) is 5.37. The third kappa shape index (κ3) is 8.08. The summed E-state index contributed by atoms with van der Waals surface area (Å²) in [5, 5.41) is 35.1. The van der Waals surface area contributed by atoms with Gasteiger partial charge in [-0.05, 0) is 0 Å². The molecule has 0 saturated heterocycles. The van der Waals surface area contributed by atoms with E-state index in [-0.39, 0.29) is 46.6 Å². The molecule has 8 N–H and O–H groups in total. The van der Waals surface area contributed by atoms with Gasteiger partial charge in [-0.3, -0.25) is 19.2 Å². The monoisotopic (exact) mass is 372 g/mol. The average Bonchev–Trinajstić information content (AvgIpc) is 2.10. The quantitative estimate of drug-likeness (QED) is 0.238. The molecule has 0 radical (unpaired) electrons. The van der Waals surface area contributed by atoms with Crippen LogP contribution in [-0.2, 0) is 36.2 Å². The predicted octanol–water partition coefficient (Wildman–Crippen LogP) is -2.37. The second-order valence-electron chi connectivity index (χ2n) is 4.59. The summed E-state index contributed by atoms with van der Waals surface area (Å²) in [6, 6.07) is 0. The Labute approximate surface area is 158 Å². The molecule has 0 bridgehead atoms. The van der Waals surface area contributed by atoms with Crippen molar-refractivity contribution >= 4 is 53.4 Å². The molecule has 22 heavy (non-hydrogen) atoms. The maximum atomic E-state index is 10.8. The number of carbonyl (C=O) groups is 4. The molecule has 0 aliphatic rings. The standard InChI is InChI=1S/C10H16N2O8.Fe.Na.H/c11-9(1-5(13)14,2-6(15)16)10(12,3-7(17)18)4-8(19)20;;;/h1-4,11-12H2,(H,13,14)(H,15,16)(H,17,18)(H,19,20);;;. The third-order valence-electron chi connectivity index (χ3n) is 2.86. The van der Waals surface area contributed by atoms with Crippen LogP contribution in [-0.4, -0.2) is 84.9 Å². The van der Waals surface area contributed by atoms with Gasteiger partial charge in [-0.2, -0.15) is 0 Å². The van der Waals surface area contributed by atoms with Gasteiger partial charge in [-0.25, -0.2) is 0 Å². The van der Waals surface area contributed by atoms with Crippen LogP contribution in [0, 0.1) is 0 Å². The molecule has 0 aromatic heterocycles. The summed E-state index contributed by atoms with van der Waals surface area (Å²) >= 11 is 0. The van der Waals surface area contributed by atoms with E-state index in [0.717, 1.165) is 0 Å². The van der Waals surface area contributed by atoms with Gasteiger partial charge in [0.1, 0.15) is 0 Å². The van der Waals surface area contributed by atoms with Gasteiger partial charge in [0.2, 0.25) is 0 Å². The summed E-state index contributed by atoms with van der Waals surface area (Å²) in [4.78, 5) is 43.2. The Hall–Kier alpha value is -0.681. The van der Waals surface area contributed by atoms with Crippen LogP contribution in [0.4, 0.5) is 0 Å². The number of rotatable bonds is 9. The normalized spacial score (nSPS) is 10.8. The van der Waals surface area contributed by atoms with Gasteiger partial charge in [0.25, 0.3) is 0 Å². The Morgan fingerprint density at radius 3 is 0.864 bits per heavy atom. The molecule has 0 saturated carbocycles. The Kier molecular flexibility index (Phi) is 12.1. The van der Waals surface area contributed by atoms with E-state index in [1.165, 1.54) is 0 Å². The molecule has 0 unspecified atom stereocenters. The molecule has 12 heteroatoms. The maximum absolute atomic E-state index is 10.8. The van der Waals surface area contributed by atoms with Crippen molar-refractivity contribution in [3.05, 3.63) is 0 Å². The zero-order chi connectivity index (χ0) is 16.1. The number of carboxylic acids is 4. The minimum absolute atomic E-state index is 0. The van der Waals surface area contributed by atoms with Crippen LogP contribution in [0.3, 0.4) is 0 Å². The van der Waals surface area contributed by atoms with Crippen molar-refractivity contribution in [3.8, 4) is 0 Å². The second kappa shape index (κ2) is 10.2. The molecule has 0 aliphatic heterocycles. The van der Waals surface area contributed by atoms with Crippen molar-refractivity contribution in [2.45, 2.75) is 36.8 Å². The molecule has 0 aromatic carbocycles. The first-order chi connectivity index (χ1) is 8.92. The third-order valence-corrected chi connectivity index (χ3v) is 2.86. The molecule has 0 heterocycles. The molecule has 124 valence electrons. The Morgan fingerprint density at radius 1 is 0.636 bits per heavy atom. The minimum atomic E-state index is -2.22. The van der Waals surface area contributed by atoms with Gasteiger partial charge >= 0.3 is 53.4 Å². The zero-order valence-corrected chi connectivity index (χ0v) is 11.9. The molecule has 0 atom stereocenters. The molecule has 0 aromatic rings. The molecule has 0 spiro atoms. The first kappa shape index (κ1) is 26.2. The number of aliphatic carboxylic acids is 4. The average molecular weight is 372 g/mol. The van der Waals surface area contributed by atoms with E-state index in [0.29, 0.717) is 0 Å². The summed E-state index contributed by atoms with van der Waals surface area (Å²) in [6.07, 6.45) is -3.90. The zero-order valence-electron chi connectivity index (χ0n) is 10.8. The van der Waals surface area contributed by atoms with Gasteiger partial charge in [0.15, 0.2) is 0 Å². The first-order valence-corrected chi connectivity index (χ1v) is 5.37. The molecule has 0 amide bonds. The number of nitrogens with two attached hydrogens (primary N) is 2. The summed E-state index contributed by atoms with van der Waals surface area (Å²) in [5.41, 5.74) is 6.88. The fraction of sp³-hybridized carbons (Fsp3) is 0.600. The van der Waals surface area contributed by atoms with E-state index in [4.69, 9.17) is 31.9 Å². The Morgan fingerprint density at radius 2 is 0.773 bits per heavy atom. The van der Waals surface area contributed by atoms with E-state index >= 15 is 0 Å². The van der Waals surface area contributed by atoms with Crippen LogP contribution in [0.2, 0.25) is 0 Å². The summed E-state index contributed by atoms with van der Waals surface area (Å²) in [5.74, 6) is -6.06. The Balaban J connectivity index is -0.00000180. The Bertz CT molecular complexity index is 373. The van der Waals surface area contributed by atoms with Crippen LogP contribution in [0.15, 0.2) is 0 Å². The van der Waals surface area contributed by atoms with Gasteiger partial charge in [0.05, 0.1) is 36.8 Å². The van der Waals surface area contributed by atoms with Gasteiger partial charge < -0.3 is 31.9 Å². The molecule has 10 nitrogen and oxygen atoms in total. The van der Waals surface area contributed by atoms with E-state index < -0.39 is 60.6 Å². The SMILES string of the molecule is NC(CC(=O)O)(CC(=O)O)C(N)(CC(=O)O)CC(=O)O.[Fe].[NaH]. The molecule has 0 rings (SSSR count). The molecule has 0 aliphatic carbocycles. The van der Waals surface area contributed by atoms with Crippen LogP contribution in [0.25, 0.3) is 0 Å².